The first kappa shape index (κ1) is 17.9. The van der Waals surface area contributed by atoms with Crippen molar-refractivity contribution in [2.24, 2.45) is 19.2 Å². The van der Waals surface area contributed by atoms with Gasteiger partial charge in [0.2, 0.25) is 5.95 Å². The number of rotatable bonds is 4. The van der Waals surface area contributed by atoms with Crippen molar-refractivity contribution in [2.75, 3.05) is 5.43 Å². The molecule has 0 aliphatic rings. The molecule has 3 rings (SSSR count). The number of halogens is 1. The van der Waals surface area contributed by atoms with Crippen LogP contribution in [0.2, 0.25) is 5.02 Å². The SMILES string of the molecule is CC(C)n1c(N/N=C\c2ccccc2Cl)nc2c1c(=O)n(C)c(=O)n2C. The maximum absolute atomic E-state index is 12.6. The fourth-order valence-corrected chi connectivity index (χ4v) is 2.92. The molecule has 1 N–H and O–H groups in total. The number of hydrogen-bond acceptors (Lipinski definition) is 5. The Hall–Kier alpha value is -2.87. The highest BCUT2D eigenvalue weighted by molar-refractivity contribution is 6.33. The number of fused-ring (bicyclic) bond motifs is 1. The van der Waals surface area contributed by atoms with Crippen LogP contribution in [-0.2, 0) is 14.1 Å². The molecule has 0 spiro atoms. The number of hydrazone groups is 1. The molecule has 1 aromatic carbocycles. The third-order valence-corrected chi connectivity index (χ3v) is 4.43. The average molecular weight is 375 g/mol. The normalized spacial score (nSPS) is 11.8. The van der Waals surface area contributed by atoms with Crippen molar-refractivity contribution in [1.29, 1.82) is 0 Å². The predicted octanol–water partition coefficient (Wildman–Crippen LogP) is 2.11. The molecule has 0 atom stereocenters. The fraction of sp³-hybridized carbons (Fsp3) is 0.294. The molecule has 3 aromatic rings. The minimum absolute atomic E-state index is 0.0665. The average Bonchev–Trinajstić information content (AvgIpc) is 2.99. The molecule has 0 amide bonds. The van der Waals surface area contributed by atoms with E-state index in [0.29, 0.717) is 22.1 Å². The van der Waals surface area contributed by atoms with E-state index in [4.69, 9.17) is 11.6 Å². The zero-order valence-corrected chi connectivity index (χ0v) is 15.7. The first-order valence-corrected chi connectivity index (χ1v) is 8.42. The van der Waals surface area contributed by atoms with Gasteiger partial charge in [0.25, 0.3) is 5.56 Å². The Morgan fingerprint density at radius 1 is 1.19 bits per heavy atom. The van der Waals surface area contributed by atoms with Crippen molar-refractivity contribution < 1.29 is 0 Å². The summed E-state index contributed by atoms with van der Waals surface area (Å²) in [6.07, 6.45) is 1.57. The summed E-state index contributed by atoms with van der Waals surface area (Å²) in [5.74, 6) is 0.372. The van der Waals surface area contributed by atoms with Crippen LogP contribution in [-0.4, -0.2) is 24.9 Å². The van der Waals surface area contributed by atoms with Crippen LogP contribution in [0.15, 0.2) is 39.0 Å². The van der Waals surface area contributed by atoms with Gasteiger partial charge in [0.15, 0.2) is 11.2 Å². The van der Waals surface area contributed by atoms with Gasteiger partial charge in [-0.1, -0.05) is 29.8 Å². The Labute approximate surface area is 154 Å². The molecule has 0 aliphatic carbocycles. The van der Waals surface area contributed by atoms with Crippen LogP contribution in [0, 0.1) is 0 Å². The maximum Gasteiger partial charge on any atom is 0.332 e. The Morgan fingerprint density at radius 3 is 2.54 bits per heavy atom. The molecule has 2 heterocycles. The molecule has 0 radical (unpaired) electrons. The summed E-state index contributed by atoms with van der Waals surface area (Å²) in [5.41, 5.74) is 3.43. The molecule has 2 aromatic heterocycles. The lowest BCUT2D eigenvalue weighted by molar-refractivity contribution is 0.615. The lowest BCUT2D eigenvalue weighted by Crippen LogP contribution is -2.37. The van der Waals surface area contributed by atoms with Crippen molar-refractivity contribution in [3.05, 3.63) is 55.7 Å². The van der Waals surface area contributed by atoms with Crippen LogP contribution >= 0.6 is 11.6 Å². The lowest BCUT2D eigenvalue weighted by Gasteiger charge is -2.12. The van der Waals surface area contributed by atoms with Crippen molar-refractivity contribution >= 4 is 34.9 Å². The van der Waals surface area contributed by atoms with E-state index in [-0.39, 0.29) is 6.04 Å². The van der Waals surface area contributed by atoms with Gasteiger partial charge in [-0.2, -0.15) is 10.1 Å². The van der Waals surface area contributed by atoms with Crippen molar-refractivity contribution in [1.82, 2.24) is 18.7 Å². The summed E-state index contributed by atoms with van der Waals surface area (Å²) < 4.78 is 4.14. The van der Waals surface area contributed by atoms with Crippen LogP contribution in [0.25, 0.3) is 11.2 Å². The number of aryl methyl sites for hydroxylation is 1. The van der Waals surface area contributed by atoms with Gasteiger partial charge < -0.3 is 4.57 Å². The van der Waals surface area contributed by atoms with Crippen LogP contribution in [0.4, 0.5) is 5.95 Å². The summed E-state index contributed by atoms with van der Waals surface area (Å²) in [6.45, 7) is 3.85. The van der Waals surface area contributed by atoms with Crippen molar-refractivity contribution in [3.8, 4) is 0 Å². The molecule has 8 nitrogen and oxygen atoms in total. The molecule has 0 saturated heterocycles. The Bertz CT molecular complexity index is 1120. The number of nitrogens with zero attached hydrogens (tertiary/aromatic N) is 5. The third-order valence-electron chi connectivity index (χ3n) is 4.08. The lowest BCUT2D eigenvalue weighted by atomic mass is 10.2. The molecule has 136 valence electrons. The Balaban J connectivity index is 2.12. The van der Waals surface area contributed by atoms with E-state index in [1.807, 2.05) is 32.0 Å². The van der Waals surface area contributed by atoms with Crippen LogP contribution in [0.1, 0.15) is 25.5 Å². The molecule has 26 heavy (non-hydrogen) atoms. The summed E-state index contributed by atoms with van der Waals surface area (Å²) in [4.78, 5) is 29.1. The van der Waals surface area contributed by atoms with E-state index in [9.17, 15) is 9.59 Å². The Kier molecular flexibility index (Phi) is 4.69. The second-order valence-corrected chi connectivity index (χ2v) is 6.58. The zero-order chi connectivity index (χ0) is 19.0. The van der Waals surface area contributed by atoms with Crippen LogP contribution < -0.4 is 16.7 Å². The van der Waals surface area contributed by atoms with Crippen molar-refractivity contribution in [3.63, 3.8) is 0 Å². The molecule has 0 aliphatic heterocycles. The summed E-state index contributed by atoms with van der Waals surface area (Å²) in [5, 5.41) is 4.75. The second kappa shape index (κ2) is 6.80. The third kappa shape index (κ3) is 2.92. The van der Waals surface area contributed by atoms with Gasteiger partial charge in [-0.3, -0.25) is 13.9 Å². The fourth-order valence-electron chi connectivity index (χ4n) is 2.74. The largest absolute Gasteiger partial charge is 0.332 e. The molecule has 0 saturated carbocycles. The monoisotopic (exact) mass is 374 g/mol. The van der Waals surface area contributed by atoms with Gasteiger partial charge >= 0.3 is 5.69 Å². The highest BCUT2D eigenvalue weighted by Gasteiger charge is 2.20. The van der Waals surface area contributed by atoms with Gasteiger partial charge in [0.05, 0.1) is 6.21 Å². The minimum atomic E-state index is -0.429. The molecule has 0 fully saturated rings. The number of anilines is 1. The van der Waals surface area contributed by atoms with E-state index in [0.717, 1.165) is 10.1 Å². The smallest absolute Gasteiger partial charge is 0.300 e. The van der Waals surface area contributed by atoms with Crippen LogP contribution in [0.5, 0.6) is 0 Å². The second-order valence-electron chi connectivity index (χ2n) is 6.17. The van der Waals surface area contributed by atoms with E-state index >= 15 is 0 Å². The quantitative estimate of drug-likeness (QED) is 0.559. The number of nitrogens with one attached hydrogen (secondary N) is 1. The number of aromatic nitrogens is 4. The van der Waals surface area contributed by atoms with Gasteiger partial charge in [0, 0.05) is 30.7 Å². The summed E-state index contributed by atoms with van der Waals surface area (Å²) >= 11 is 6.11. The topological polar surface area (TPSA) is 86.2 Å². The molecule has 0 unspecified atom stereocenters. The van der Waals surface area contributed by atoms with Gasteiger partial charge in [-0.05, 0) is 19.9 Å². The molecular formula is C17H19ClN6O2. The number of hydrogen-bond donors (Lipinski definition) is 1. The highest BCUT2D eigenvalue weighted by Crippen LogP contribution is 2.21. The first-order valence-electron chi connectivity index (χ1n) is 8.04. The van der Waals surface area contributed by atoms with E-state index < -0.39 is 11.2 Å². The van der Waals surface area contributed by atoms with Gasteiger partial charge in [-0.15, -0.1) is 0 Å². The summed E-state index contributed by atoms with van der Waals surface area (Å²) in [6, 6.07) is 7.23. The molecule has 0 bridgehead atoms. The van der Waals surface area contributed by atoms with Gasteiger partial charge in [0.1, 0.15) is 0 Å². The minimum Gasteiger partial charge on any atom is -0.300 e. The Morgan fingerprint density at radius 2 is 1.88 bits per heavy atom. The predicted molar refractivity (Wildman–Crippen MR) is 103 cm³/mol. The van der Waals surface area contributed by atoms with E-state index in [1.165, 1.54) is 11.6 Å². The van der Waals surface area contributed by atoms with E-state index in [2.05, 4.69) is 15.5 Å². The van der Waals surface area contributed by atoms with Gasteiger partial charge in [-0.25, -0.2) is 10.2 Å². The first-order chi connectivity index (χ1) is 12.3. The van der Waals surface area contributed by atoms with Crippen molar-refractivity contribution in [2.45, 2.75) is 19.9 Å². The summed E-state index contributed by atoms with van der Waals surface area (Å²) in [7, 11) is 3.03. The van der Waals surface area contributed by atoms with E-state index in [1.54, 1.807) is 23.9 Å². The highest BCUT2D eigenvalue weighted by atomic mass is 35.5. The molecular weight excluding hydrogens is 356 g/mol. The van der Waals surface area contributed by atoms with Crippen LogP contribution in [0.3, 0.4) is 0 Å². The molecule has 9 heteroatoms. The standard InChI is InChI=1S/C17H19ClN6O2/c1-10(2)24-13-14(22(3)17(26)23(4)15(13)25)20-16(24)21-19-9-11-7-5-6-8-12(11)18/h5-10H,1-4H3,(H,20,21)/b19-9-. The number of imidazole rings is 1. The number of benzene rings is 1. The zero-order valence-electron chi connectivity index (χ0n) is 14.9. The maximum atomic E-state index is 12.6.